The first-order chi connectivity index (χ1) is 43.7. The van der Waals surface area contributed by atoms with Crippen LogP contribution in [0.1, 0.15) is 361 Å². The van der Waals surface area contributed by atoms with Crippen LogP contribution in [0.4, 0.5) is 0 Å². The van der Waals surface area contributed by atoms with E-state index in [-0.39, 0.29) is 12.8 Å². The molecule has 1 heterocycles. The minimum atomic E-state index is -1.68. The fraction of sp³-hybridized carbons (Fsp3) is 0.859. The summed E-state index contributed by atoms with van der Waals surface area (Å²) >= 11 is 0. The molecule has 89 heavy (non-hydrogen) atoms. The monoisotopic (exact) mass is 1260 g/mol. The summed E-state index contributed by atoms with van der Waals surface area (Å²) in [5.41, 5.74) is 0. The van der Waals surface area contributed by atoms with E-state index in [0.717, 1.165) is 51.4 Å². The number of amides is 1. The van der Waals surface area contributed by atoms with Crippen LogP contribution >= 0.6 is 0 Å². The van der Waals surface area contributed by atoms with Gasteiger partial charge in [-0.25, -0.2) is 0 Å². The maximum Gasteiger partial charge on any atom is 0.249 e. The second kappa shape index (κ2) is 65.9. The van der Waals surface area contributed by atoms with Gasteiger partial charge in [0.05, 0.1) is 25.4 Å². The van der Waals surface area contributed by atoms with Crippen LogP contribution in [0.3, 0.4) is 0 Å². The molecule has 0 spiro atoms. The molecule has 0 radical (unpaired) electrons. The van der Waals surface area contributed by atoms with Gasteiger partial charge in [-0.05, 0) is 96.3 Å². The molecule has 0 saturated carbocycles. The largest absolute Gasteiger partial charge is 0.394 e. The zero-order valence-electron chi connectivity index (χ0n) is 57.9. The predicted molar refractivity (Wildman–Crippen MR) is 376 cm³/mol. The SMILES string of the molecule is CCCCCCCCCCC/C=C\C/C=C\CCCCCCCCCCCCCCCCCCC(O)C(=O)NC(COC1OC(CO)C(O)C(O)C1O)C(O)C(O)CCC/C=C/CC/C=C/CC/C=C/CCCCCCCCCCCCCCCCCCC. The smallest absolute Gasteiger partial charge is 0.249 e. The minimum Gasteiger partial charge on any atom is -0.394 e. The summed E-state index contributed by atoms with van der Waals surface area (Å²) in [5, 5.41) is 76.6. The molecule has 1 fully saturated rings. The molecule has 9 atom stereocenters. The number of hydrogen-bond acceptors (Lipinski definition) is 10. The average Bonchev–Trinajstić information content (AvgIpc) is 3.68. The van der Waals surface area contributed by atoms with Crippen molar-refractivity contribution < 1.29 is 50.0 Å². The van der Waals surface area contributed by atoms with Crippen molar-refractivity contribution in [1.29, 1.82) is 0 Å². The van der Waals surface area contributed by atoms with Crippen molar-refractivity contribution in [2.24, 2.45) is 0 Å². The molecular weight excluding hydrogens is 1110 g/mol. The van der Waals surface area contributed by atoms with Gasteiger partial charge in [0.15, 0.2) is 6.29 Å². The molecule has 8 N–H and O–H groups in total. The summed E-state index contributed by atoms with van der Waals surface area (Å²) in [7, 11) is 0. The Hall–Kier alpha value is -2.19. The molecule has 0 aromatic carbocycles. The van der Waals surface area contributed by atoms with Gasteiger partial charge in [-0.2, -0.15) is 0 Å². The molecule has 1 amide bonds. The maximum atomic E-state index is 13.3. The third-order valence-corrected chi connectivity index (χ3v) is 18.2. The summed E-state index contributed by atoms with van der Waals surface area (Å²) in [6.45, 7) is 3.49. The summed E-state index contributed by atoms with van der Waals surface area (Å²) < 4.78 is 11.2. The van der Waals surface area contributed by atoms with E-state index in [0.29, 0.717) is 19.3 Å². The third-order valence-electron chi connectivity index (χ3n) is 18.2. The zero-order chi connectivity index (χ0) is 64.6. The summed E-state index contributed by atoms with van der Waals surface area (Å²) in [6, 6.07) is -1.20. The zero-order valence-corrected chi connectivity index (χ0v) is 57.9. The Morgan fingerprint density at radius 3 is 1.07 bits per heavy atom. The first-order valence-corrected chi connectivity index (χ1v) is 38.2. The van der Waals surface area contributed by atoms with Gasteiger partial charge in [0.1, 0.15) is 36.6 Å². The second-order valence-corrected chi connectivity index (χ2v) is 26.7. The number of rotatable bonds is 67. The molecular formula is C78H145NO10. The Balaban J connectivity index is 2.20. The topological polar surface area (TPSA) is 189 Å². The first-order valence-electron chi connectivity index (χ1n) is 38.2. The van der Waals surface area contributed by atoms with E-state index in [2.05, 4.69) is 79.9 Å². The lowest BCUT2D eigenvalue weighted by Gasteiger charge is -2.40. The van der Waals surface area contributed by atoms with Gasteiger partial charge in [-0.1, -0.05) is 325 Å². The van der Waals surface area contributed by atoms with E-state index in [1.54, 1.807) is 0 Å². The first kappa shape index (κ1) is 84.8. The Morgan fingerprint density at radius 1 is 0.393 bits per heavy atom. The number of allylic oxidation sites excluding steroid dienone is 10. The number of hydrogen-bond donors (Lipinski definition) is 8. The molecule has 1 aliphatic heterocycles. The lowest BCUT2D eigenvalue weighted by atomic mass is 9.98. The van der Waals surface area contributed by atoms with Gasteiger partial charge in [0, 0.05) is 0 Å². The molecule has 1 rings (SSSR count). The number of aliphatic hydroxyl groups excluding tert-OH is 7. The Labute approximate surface area is 548 Å². The summed E-state index contributed by atoms with van der Waals surface area (Å²) in [5.74, 6) is -0.709. The van der Waals surface area contributed by atoms with Gasteiger partial charge in [0.2, 0.25) is 5.91 Å². The van der Waals surface area contributed by atoms with Crippen molar-refractivity contribution in [2.75, 3.05) is 13.2 Å². The van der Waals surface area contributed by atoms with Crippen molar-refractivity contribution in [3.8, 4) is 0 Å². The number of nitrogens with one attached hydrogen (secondary N) is 1. The highest BCUT2D eigenvalue weighted by Gasteiger charge is 2.44. The summed E-state index contributed by atoms with van der Waals surface area (Å²) in [6.07, 6.45) is 77.5. The lowest BCUT2D eigenvalue weighted by molar-refractivity contribution is -0.303. The van der Waals surface area contributed by atoms with E-state index < -0.39 is 74.2 Å². The standard InChI is InChI=1S/C78H145NO10/c1-3-5-7-9-11-13-15-17-19-21-23-25-27-29-31-33-35-36-38-40-42-44-46-48-50-52-54-56-58-60-62-64-66-71(82)77(87)79-69(68-88-78-76(86)75(85)74(84)72(67-80)89-78)73(83)70(81)65-63-61-59-57-55-53-51-49-47-45-43-41-39-37-34-32-30-28-26-24-22-20-18-16-14-12-10-8-6-4-2/h23,25,29,31,41,43,49,51,57,59,69-76,78,80-86H,3-22,24,26-28,30,32-40,42,44-48,50,52-56,58,60-68H2,1-2H3,(H,79,87)/b25-23-,31-29-,43-41+,51-49+,59-57+. The number of aliphatic hydroxyl groups is 7. The minimum absolute atomic E-state index is 0.241. The number of carbonyl (C=O) groups excluding carboxylic acids is 1. The van der Waals surface area contributed by atoms with Crippen molar-refractivity contribution in [2.45, 2.75) is 416 Å². The number of unbranched alkanes of at least 4 members (excludes halogenated alkanes) is 45. The van der Waals surface area contributed by atoms with Crippen LogP contribution in [0.25, 0.3) is 0 Å². The number of ether oxygens (including phenoxy) is 2. The molecule has 11 heteroatoms. The molecule has 9 unspecified atom stereocenters. The van der Waals surface area contributed by atoms with Crippen LogP contribution < -0.4 is 5.32 Å². The van der Waals surface area contributed by atoms with E-state index in [9.17, 15) is 40.5 Å². The van der Waals surface area contributed by atoms with Crippen molar-refractivity contribution in [3.63, 3.8) is 0 Å². The van der Waals surface area contributed by atoms with Gasteiger partial charge >= 0.3 is 0 Å². The summed E-state index contributed by atoms with van der Waals surface area (Å²) in [4.78, 5) is 13.3. The van der Waals surface area contributed by atoms with Crippen LogP contribution in [0.5, 0.6) is 0 Å². The Bertz CT molecular complexity index is 1630. The van der Waals surface area contributed by atoms with Crippen molar-refractivity contribution in [3.05, 3.63) is 60.8 Å². The maximum absolute atomic E-state index is 13.3. The molecule has 0 aromatic heterocycles. The molecule has 0 bridgehead atoms. The fourth-order valence-corrected chi connectivity index (χ4v) is 12.2. The Kier molecular flexibility index (Phi) is 62.8. The van der Waals surface area contributed by atoms with E-state index in [4.69, 9.17) is 9.47 Å². The van der Waals surface area contributed by atoms with E-state index in [1.165, 1.54) is 263 Å². The average molecular weight is 1260 g/mol. The molecule has 1 aliphatic rings. The predicted octanol–water partition coefficient (Wildman–Crippen LogP) is 19.3. The fourth-order valence-electron chi connectivity index (χ4n) is 12.2. The number of carbonyl (C=O) groups is 1. The van der Waals surface area contributed by atoms with Gasteiger partial charge in [-0.3, -0.25) is 4.79 Å². The highest BCUT2D eigenvalue weighted by molar-refractivity contribution is 5.80. The molecule has 11 nitrogen and oxygen atoms in total. The second-order valence-electron chi connectivity index (χ2n) is 26.7. The van der Waals surface area contributed by atoms with Crippen LogP contribution in [0.15, 0.2) is 60.8 Å². The van der Waals surface area contributed by atoms with E-state index >= 15 is 0 Å². The van der Waals surface area contributed by atoms with Crippen LogP contribution in [0.2, 0.25) is 0 Å². The molecule has 1 saturated heterocycles. The van der Waals surface area contributed by atoms with Crippen LogP contribution in [0, 0.1) is 0 Å². The molecule has 0 aromatic rings. The Morgan fingerprint density at radius 2 is 0.708 bits per heavy atom. The van der Waals surface area contributed by atoms with E-state index in [1.807, 2.05) is 0 Å². The third kappa shape index (κ3) is 52.8. The van der Waals surface area contributed by atoms with Crippen LogP contribution in [-0.4, -0.2) is 110 Å². The van der Waals surface area contributed by atoms with Crippen molar-refractivity contribution in [1.82, 2.24) is 5.32 Å². The van der Waals surface area contributed by atoms with Gasteiger partial charge in [0.25, 0.3) is 0 Å². The highest BCUT2D eigenvalue weighted by atomic mass is 16.7. The quantitative estimate of drug-likeness (QED) is 0.0215. The molecule has 0 aliphatic carbocycles. The van der Waals surface area contributed by atoms with Crippen LogP contribution in [-0.2, 0) is 14.3 Å². The lowest BCUT2D eigenvalue weighted by Crippen LogP contribution is -2.60. The van der Waals surface area contributed by atoms with Gasteiger partial charge < -0.3 is 50.5 Å². The van der Waals surface area contributed by atoms with Crippen molar-refractivity contribution >= 4 is 5.91 Å². The molecule has 522 valence electrons. The normalized spacial score (nSPS) is 18.9. The highest BCUT2D eigenvalue weighted by Crippen LogP contribution is 2.24. The van der Waals surface area contributed by atoms with Gasteiger partial charge in [-0.15, -0.1) is 0 Å².